The molecule has 1 atom stereocenters. The largest absolute Gasteiger partial charge is 0.380 e. The summed E-state index contributed by atoms with van der Waals surface area (Å²) < 4.78 is 23.2. The minimum atomic E-state index is -2.78. The van der Waals surface area contributed by atoms with E-state index in [0.717, 1.165) is 18.2 Å². The number of rotatable bonds is 4. The summed E-state index contributed by atoms with van der Waals surface area (Å²) >= 11 is 0. The van der Waals surface area contributed by atoms with Crippen molar-refractivity contribution in [2.75, 3.05) is 0 Å². The number of hydrogen-bond donors (Lipinski definition) is 0. The van der Waals surface area contributed by atoms with E-state index in [4.69, 9.17) is 0 Å². The Morgan fingerprint density at radius 1 is 1.62 bits per heavy atom. The highest BCUT2D eigenvalue weighted by Gasteiger charge is 2.24. The second-order valence-corrected chi connectivity index (χ2v) is 2.70. The van der Waals surface area contributed by atoms with Crippen LogP contribution in [0.5, 0.6) is 0 Å². The van der Waals surface area contributed by atoms with Crippen LogP contribution in [0.3, 0.4) is 0 Å². The maximum Gasteiger partial charge on any atom is 0.276 e. The van der Waals surface area contributed by atoms with Gasteiger partial charge >= 0.3 is 0 Å². The first-order valence-electron chi connectivity index (χ1n) is 4.06. The van der Waals surface area contributed by atoms with E-state index in [1.54, 1.807) is 0 Å². The molecule has 1 aliphatic rings. The van der Waals surface area contributed by atoms with E-state index in [-0.39, 0.29) is 11.9 Å². The quantitative estimate of drug-likeness (QED) is 0.410. The third kappa shape index (κ3) is 3.23. The van der Waals surface area contributed by atoms with Crippen molar-refractivity contribution in [2.24, 2.45) is 5.16 Å². The predicted molar refractivity (Wildman–Crippen MR) is 48.6 cm³/mol. The van der Waals surface area contributed by atoms with Gasteiger partial charge in [-0.25, -0.2) is 8.78 Å². The van der Waals surface area contributed by atoms with Gasteiger partial charge in [-0.15, -0.1) is 0 Å². The average Bonchev–Trinajstić information content (AvgIpc) is 2.19. The lowest BCUT2D eigenvalue weighted by molar-refractivity contribution is -0.419. The first-order valence-corrected chi connectivity index (χ1v) is 4.06. The van der Waals surface area contributed by atoms with Crippen molar-refractivity contribution in [3.05, 3.63) is 34.0 Å². The molecule has 0 amide bonds. The van der Waals surface area contributed by atoms with Crippen molar-refractivity contribution in [3.8, 4) is 0 Å². The standard InChI is InChI=1S/C8H6F2N2O4/c9-8(10)4-11-16-7-2-1-5(12(14)15)3-6(7)13/h1-4,7-8H. The van der Waals surface area contributed by atoms with Gasteiger partial charge in [0.25, 0.3) is 12.1 Å². The van der Waals surface area contributed by atoms with Crippen LogP contribution in [-0.4, -0.2) is 29.5 Å². The van der Waals surface area contributed by atoms with E-state index in [2.05, 4.69) is 9.99 Å². The third-order valence-electron chi connectivity index (χ3n) is 1.57. The molecule has 0 aromatic heterocycles. The monoisotopic (exact) mass is 232 g/mol. The molecule has 0 spiro atoms. The number of nitrogens with zero attached hydrogens (tertiary/aromatic N) is 2. The molecule has 0 N–H and O–H groups in total. The Kier molecular flexibility index (Phi) is 3.81. The number of halogens is 2. The zero-order valence-electron chi connectivity index (χ0n) is 7.75. The minimum absolute atomic E-state index is 0.216. The Morgan fingerprint density at radius 3 is 2.81 bits per heavy atom. The Morgan fingerprint density at radius 2 is 2.31 bits per heavy atom. The molecule has 8 heteroatoms. The summed E-state index contributed by atoms with van der Waals surface area (Å²) in [5.41, 5.74) is -0.386. The number of alkyl halides is 2. The molecule has 0 saturated carbocycles. The van der Waals surface area contributed by atoms with Crippen LogP contribution in [0.25, 0.3) is 0 Å². The minimum Gasteiger partial charge on any atom is -0.380 e. The summed E-state index contributed by atoms with van der Waals surface area (Å²) in [4.78, 5) is 25.1. The normalized spacial score (nSPS) is 20.3. The number of carbonyl (C=O) groups excluding carboxylic acids is 1. The van der Waals surface area contributed by atoms with E-state index < -0.39 is 23.2 Å². The number of nitro groups is 1. The Hall–Kier alpha value is -2.12. The lowest BCUT2D eigenvalue weighted by atomic mass is 10.1. The average molecular weight is 232 g/mol. The fourth-order valence-corrected chi connectivity index (χ4v) is 0.904. The SMILES string of the molecule is O=C1C=C([N+](=O)[O-])C=CC1ON=CC(F)F. The number of hydrogen-bond acceptors (Lipinski definition) is 5. The van der Waals surface area contributed by atoms with Crippen LogP contribution in [0.2, 0.25) is 0 Å². The van der Waals surface area contributed by atoms with E-state index in [0.29, 0.717) is 0 Å². The topological polar surface area (TPSA) is 81.8 Å². The molecule has 0 aromatic rings. The van der Waals surface area contributed by atoms with Gasteiger partial charge < -0.3 is 4.84 Å². The van der Waals surface area contributed by atoms with Crippen molar-refractivity contribution in [1.29, 1.82) is 0 Å². The van der Waals surface area contributed by atoms with Crippen LogP contribution in [0.4, 0.5) is 8.78 Å². The second kappa shape index (κ2) is 5.10. The van der Waals surface area contributed by atoms with Crippen LogP contribution in [0.15, 0.2) is 29.1 Å². The van der Waals surface area contributed by atoms with Crippen molar-refractivity contribution >= 4 is 12.0 Å². The van der Waals surface area contributed by atoms with Crippen LogP contribution in [-0.2, 0) is 9.63 Å². The molecule has 0 bridgehead atoms. The van der Waals surface area contributed by atoms with Gasteiger partial charge in [-0.05, 0) is 6.08 Å². The van der Waals surface area contributed by atoms with Crippen LogP contribution in [0.1, 0.15) is 0 Å². The summed E-state index contributed by atoms with van der Waals surface area (Å²) in [5, 5.41) is 13.1. The molecule has 1 aliphatic carbocycles. The lowest BCUT2D eigenvalue weighted by Crippen LogP contribution is -2.22. The van der Waals surface area contributed by atoms with Gasteiger partial charge in [-0.1, -0.05) is 5.16 Å². The molecule has 1 rings (SSSR count). The predicted octanol–water partition coefficient (Wildman–Crippen LogP) is 0.922. The summed E-state index contributed by atoms with van der Waals surface area (Å²) in [6, 6.07) is 0. The maximum atomic E-state index is 11.6. The van der Waals surface area contributed by atoms with Crippen molar-refractivity contribution in [3.63, 3.8) is 0 Å². The first kappa shape index (κ1) is 12.0. The van der Waals surface area contributed by atoms with Crippen molar-refractivity contribution in [2.45, 2.75) is 12.5 Å². The number of carbonyl (C=O) groups is 1. The van der Waals surface area contributed by atoms with E-state index in [1.807, 2.05) is 0 Å². The maximum absolute atomic E-state index is 11.6. The van der Waals surface area contributed by atoms with E-state index in [1.165, 1.54) is 0 Å². The zero-order valence-corrected chi connectivity index (χ0v) is 7.75. The molecule has 86 valence electrons. The molecule has 6 nitrogen and oxygen atoms in total. The van der Waals surface area contributed by atoms with Gasteiger partial charge in [0, 0.05) is 6.08 Å². The Labute approximate surface area is 88.0 Å². The lowest BCUT2D eigenvalue weighted by Gasteiger charge is -2.09. The van der Waals surface area contributed by atoms with Gasteiger partial charge in [0.05, 0.1) is 11.0 Å². The molecular formula is C8H6F2N2O4. The van der Waals surface area contributed by atoms with Gasteiger partial charge in [-0.3, -0.25) is 14.9 Å². The summed E-state index contributed by atoms with van der Waals surface area (Å²) in [6.45, 7) is 0. The highest BCUT2D eigenvalue weighted by Crippen LogP contribution is 2.11. The van der Waals surface area contributed by atoms with E-state index in [9.17, 15) is 23.7 Å². The number of oxime groups is 1. The smallest absolute Gasteiger partial charge is 0.276 e. The first-order chi connectivity index (χ1) is 7.50. The Bertz CT molecular complexity index is 389. The van der Waals surface area contributed by atoms with Crippen LogP contribution in [0, 0.1) is 10.1 Å². The molecule has 0 saturated heterocycles. The van der Waals surface area contributed by atoms with Gasteiger partial charge in [0.15, 0.2) is 0 Å². The highest BCUT2D eigenvalue weighted by molar-refractivity contribution is 5.96. The molecule has 0 radical (unpaired) electrons. The molecule has 0 aliphatic heterocycles. The number of ketones is 1. The fourth-order valence-electron chi connectivity index (χ4n) is 0.904. The summed E-state index contributed by atoms with van der Waals surface area (Å²) in [6.07, 6.45) is -0.893. The molecule has 0 heterocycles. The van der Waals surface area contributed by atoms with Crippen LogP contribution >= 0.6 is 0 Å². The molecule has 0 aromatic carbocycles. The van der Waals surface area contributed by atoms with Crippen molar-refractivity contribution < 1.29 is 23.3 Å². The Balaban J connectivity index is 2.60. The highest BCUT2D eigenvalue weighted by atomic mass is 19.3. The van der Waals surface area contributed by atoms with Gasteiger partial charge in [0.1, 0.15) is 6.21 Å². The zero-order chi connectivity index (χ0) is 12.1. The van der Waals surface area contributed by atoms with Crippen LogP contribution < -0.4 is 0 Å². The molecule has 0 fully saturated rings. The molecule has 16 heavy (non-hydrogen) atoms. The van der Waals surface area contributed by atoms with Gasteiger partial charge in [0.2, 0.25) is 11.9 Å². The second-order valence-electron chi connectivity index (χ2n) is 2.70. The molecular weight excluding hydrogens is 226 g/mol. The van der Waals surface area contributed by atoms with Crippen molar-refractivity contribution in [1.82, 2.24) is 0 Å². The summed E-state index contributed by atoms with van der Waals surface area (Å²) in [5.74, 6) is -0.722. The van der Waals surface area contributed by atoms with E-state index >= 15 is 0 Å². The number of allylic oxidation sites excluding steroid dienone is 1. The molecule has 1 unspecified atom stereocenters. The summed E-state index contributed by atoms with van der Waals surface area (Å²) in [7, 11) is 0. The fraction of sp³-hybridized carbons (Fsp3) is 0.250. The van der Waals surface area contributed by atoms with Gasteiger partial charge in [-0.2, -0.15) is 0 Å². The third-order valence-corrected chi connectivity index (χ3v) is 1.57.